The maximum atomic E-state index is 5.61. The second-order valence-electron chi connectivity index (χ2n) is 3.67. The van der Waals surface area contributed by atoms with Gasteiger partial charge in [-0.3, -0.25) is 0 Å². The first-order valence-electron chi connectivity index (χ1n) is 4.79. The van der Waals surface area contributed by atoms with Crippen LogP contribution in [0.2, 0.25) is 0 Å². The van der Waals surface area contributed by atoms with Crippen molar-refractivity contribution in [3.8, 4) is 0 Å². The summed E-state index contributed by atoms with van der Waals surface area (Å²) >= 11 is 0. The van der Waals surface area contributed by atoms with E-state index in [-0.39, 0.29) is 0 Å². The van der Waals surface area contributed by atoms with E-state index < -0.39 is 0 Å². The Balaban J connectivity index is 2.29. The number of benzene rings is 1. The molecule has 0 unspecified atom stereocenters. The van der Waals surface area contributed by atoms with Crippen molar-refractivity contribution in [3.05, 3.63) is 23.5 Å². The van der Waals surface area contributed by atoms with Gasteiger partial charge in [0.15, 0.2) is 5.96 Å². The molecule has 1 aromatic carbocycles. The number of H-pyrrole nitrogens is 1. The number of hydrogen-bond acceptors (Lipinski definition) is 4. The number of aromatic nitrogens is 2. The number of hydrogen-bond donors (Lipinski definition) is 3. The largest absolute Gasteiger partial charge is 0.370 e. The Hall–Kier alpha value is -2.04. The van der Waals surface area contributed by atoms with Gasteiger partial charge in [0.05, 0.1) is 16.7 Å². The predicted molar refractivity (Wildman–Crippen MR) is 59.0 cm³/mol. The second kappa shape index (κ2) is 2.73. The van der Waals surface area contributed by atoms with Gasteiger partial charge in [0.1, 0.15) is 5.82 Å². The Morgan fingerprint density at radius 1 is 1.40 bits per heavy atom. The van der Waals surface area contributed by atoms with E-state index in [0.29, 0.717) is 5.96 Å². The third-order valence-electron chi connectivity index (χ3n) is 2.50. The molecule has 1 aliphatic rings. The van der Waals surface area contributed by atoms with E-state index in [1.165, 1.54) is 0 Å². The van der Waals surface area contributed by atoms with Crippen LogP contribution in [-0.4, -0.2) is 15.9 Å². The van der Waals surface area contributed by atoms with E-state index in [1.807, 2.05) is 13.0 Å². The maximum absolute atomic E-state index is 5.61. The molecule has 5 heteroatoms. The smallest absolute Gasteiger partial charge is 0.194 e. The van der Waals surface area contributed by atoms with Crippen LogP contribution in [0, 0.1) is 6.92 Å². The van der Waals surface area contributed by atoms with Gasteiger partial charge in [-0.2, -0.15) is 0 Å². The highest BCUT2D eigenvalue weighted by Gasteiger charge is 2.11. The minimum atomic E-state index is 0.467. The molecule has 0 spiro atoms. The molecule has 1 aromatic heterocycles. The Kier molecular flexibility index (Phi) is 1.50. The Bertz CT molecular complexity index is 566. The van der Waals surface area contributed by atoms with Crippen molar-refractivity contribution in [1.29, 1.82) is 0 Å². The molecule has 76 valence electrons. The number of aliphatic imine (C=N–C) groups is 1. The van der Waals surface area contributed by atoms with Crippen LogP contribution >= 0.6 is 0 Å². The number of guanidine groups is 1. The molecule has 1 aliphatic heterocycles. The summed E-state index contributed by atoms with van der Waals surface area (Å²) in [5, 5.41) is 3.00. The fraction of sp³-hybridized carbons (Fsp3) is 0.200. The topological polar surface area (TPSA) is 79.1 Å². The van der Waals surface area contributed by atoms with Gasteiger partial charge in [0, 0.05) is 6.54 Å². The van der Waals surface area contributed by atoms with Crippen molar-refractivity contribution in [1.82, 2.24) is 15.3 Å². The normalized spacial score (nSPS) is 14.6. The molecule has 0 atom stereocenters. The molecule has 0 saturated heterocycles. The third-order valence-corrected chi connectivity index (χ3v) is 2.50. The molecule has 0 amide bonds. The maximum Gasteiger partial charge on any atom is 0.194 e. The lowest BCUT2D eigenvalue weighted by atomic mass is 10.1. The van der Waals surface area contributed by atoms with Gasteiger partial charge in [-0.25, -0.2) is 9.98 Å². The molecule has 0 radical (unpaired) electrons. The molecule has 3 rings (SSSR count). The Labute approximate surface area is 86.4 Å². The number of nitrogens with zero attached hydrogens (tertiary/aromatic N) is 2. The lowest BCUT2D eigenvalue weighted by Gasteiger charge is -2.14. The highest BCUT2D eigenvalue weighted by Crippen LogP contribution is 2.26. The van der Waals surface area contributed by atoms with Crippen LogP contribution in [0.1, 0.15) is 11.4 Å². The lowest BCUT2D eigenvalue weighted by molar-refractivity contribution is 0.883. The van der Waals surface area contributed by atoms with Gasteiger partial charge in [-0.05, 0) is 24.6 Å². The van der Waals surface area contributed by atoms with Crippen LogP contribution < -0.4 is 11.1 Å². The van der Waals surface area contributed by atoms with Gasteiger partial charge < -0.3 is 16.0 Å². The van der Waals surface area contributed by atoms with Crippen molar-refractivity contribution < 1.29 is 0 Å². The summed E-state index contributed by atoms with van der Waals surface area (Å²) in [6.45, 7) is 2.66. The van der Waals surface area contributed by atoms with Crippen molar-refractivity contribution in [3.63, 3.8) is 0 Å². The predicted octanol–water partition coefficient (Wildman–Crippen LogP) is 0.921. The van der Waals surface area contributed by atoms with Gasteiger partial charge >= 0.3 is 0 Å². The minimum Gasteiger partial charge on any atom is -0.370 e. The van der Waals surface area contributed by atoms with E-state index in [0.717, 1.165) is 34.7 Å². The Morgan fingerprint density at radius 3 is 3.13 bits per heavy atom. The SMILES string of the molecule is Cc1nc2cc3c(cc2[nH]1)CNC(N)=N3. The molecular weight excluding hydrogens is 190 g/mol. The highest BCUT2D eigenvalue weighted by atomic mass is 15.1. The van der Waals surface area contributed by atoms with E-state index in [9.17, 15) is 0 Å². The molecule has 5 nitrogen and oxygen atoms in total. The zero-order valence-corrected chi connectivity index (χ0v) is 8.33. The summed E-state index contributed by atoms with van der Waals surface area (Å²) in [4.78, 5) is 11.8. The third kappa shape index (κ3) is 1.24. The van der Waals surface area contributed by atoms with Crippen molar-refractivity contribution in [2.75, 3.05) is 0 Å². The molecular formula is C10H11N5. The summed E-state index contributed by atoms with van der Waals surface area (Å²) in [5.41, 5.74) is 9.64. The monoisotopic (exact) mass is 201 g/mol. The average Bonchev–Trinajstić information content (AvgIpc) is 2.53. The van der Waals surface area contributed by atoms with Crippen LogP contribution in [0.3, 0.4) is 0 Å². The first-order valence-corrected chi connectivity index (χ1v) is 4.79. The summed E-state index contributed by atoms with van der Waals surface area (Å²) < 4.78 is 0. The first kappa shape index (κ1) is 8.28. The van der Waals surface area contributed by atoms with Crippen molar-refractivity contribution in [2.45, 2.75) is 13.5 Å². The van der Waals surface area contributed by atoms with Crippen LogP contribution in [0.25, 0.3) is 11.0 Å². The number of aromatic amines is 1. The fourth-order valence-corrected chi connectivity index (χ4v) is 1.82. The summed E-state index contributed by atoms with van der Waals surface area (Å²) in [6, 6.07) is 4.02. The van der Waals surface area contributed by atoms with Crippen LogP contribution in [-0.2, 0) is 6.54 Å². The zero-order valence-electron chi connectivity index (χ0n) is 8.33. The quantitative estimate of drug-likeness (QED) is 0.593. The van der Waals surface area contributed by atoms with Crippen LogP contribution in [0.4, 0.5) is 5.69 Å². The molecule has 2 heterocycles. The molecule has 0 saturated carbocycles. The van der Waals surface area contributed by atoms with E-state index in [1.54, 1.807) is 0 Å². The lowest BCUT2D eigenvalue weighted by Crippen LogP contribution is -2.32. The number of nitrogens with two attached hydrogens (primary N) is 1. The van der Waals surface area contributed by atoms with Gasteiger partial charge in [-0.15, -0.1) is 0 Å². The standard InChI is InChI=1S/C10H11N5/c1-5-13-8-2-6-4-12-10(11)15-7(6)3-9(8)14-5/h2-3H,4H2,1H3,(H,13,14)(H3,11,12,15). The van der Waals surface area contributed by atoms with Gasteiger partial charge in [0.25, 0.3) is 0 Å². The molecule has 2 aromatic rings. The summed E-state index contributed by atoms with van der Waals surface area (Å²) in [6.07, 6.45) is 0. The molecule has 15 heavy (non-hydrogen) atoms. The number of aryl methyl sites for hydroxylation is 1. The van der Waals surface area contributed by atoms with Crippen molar-refractivity contribution >= 4 is 22.7 Å². The number of rotatable bonds is 0. The second-order valence-corrected chi connectivity index (χ2v) is 3.67. The van der Waals surface area contributed by atoms with E-state index >= 15 is 0 Å². The van der Waals surface area contributed by atoms with Crippen LogP contribution in [0.15, 0.2) is 17.1 Å². The highest BCUT2D eigenvalue weighted by molar-refractivity contribution is 5.87. The van der Waals surface area contributed by atoms with E-state index in [4.69, 9.17) is 5.73 Å². The molecule has 0 aliphatic carbocycles. The molecule has 0 bridgehead atoms. The summed E-state index contributed by atoms with van der Waals surface area (Å²) in [7, 11) is 0. The Morgan fingerprint density at radius 2 is 2.27 bits per heavy atom. The average molecular weight is 201 g/mol. The molecule has 0 fully saturated rings. The summed E-state index contributed by atoms with van der Waals surface area (Å²) in [5.74, 6) is 1.38. The van der Waals surface area contributed by atoms with Crippen molar-refractivity contribution in [2.24, 2.45) is 10.7 Å². The fourth-order valence-electron chi connectivity index (χ4n) is 1.82. The van der Waals surface area contributed by atoms with Gasteiger partial charge in [0.2, 0.25) is 0 Å². The number of nitrogens with one attached hydrogen (secondary N) is 2. The molecule has 4 N–H and O–H groups in total. The minimum absolute atomic E-state index is 0.467. The number of imidazole rings is 1. The van der Waals surface area contributed by atoms with Crippen LogP contribution in [0.5, 0.6) is 0 Å². The first-order chi connectivity index (χ1) is 7.22. The zero-order chi connectivity index (χ0) is 10.4. The van der Waals surface area contributed by atoms with E-state index in [2.05, 4.69) is 26.3 Å². The van der Waals surface area contributed by atoms with Gasteiger partial charge in [-0.1, -0.05) is 0 Å². The number of fused-ring (bicyclic) bond motifs is 2.